The first-order valence-corrected chi connectivity index (χ1v) is 4.70. The van der Waals surface area contributed by atoms with Crippen molar-refractivity contribution in [3.63, 3.8) is 0 Å². The highest BCUT2D eigenvalue weighted by atomic mass is 19.1. The summed E-state index contributed by atoms with van der Waals surface area (Å²) in [5.41, 5.74) is 0.874. The quantitative estimate of drug-likeness (QED) is 0.780. The maximum absolute atomic E-state index is 13.0. The van der Waals surface area contributed by atoms with Gasteiger partial charge in [-0.15, -0.1) is 0 Å². The van der Waals surface area contributed by atoms with Crippen LogP contribution in [0.2, 0.25) is 0 Å². The van der Waals surface area contributed by atoms with Crippen molar-refractivity contribution in [1.29, 1.82) is 5.26 Å². The van der Waals surface area contributed by atoms with E-state index < -0.39 is 5.82 Å². The fourth-order valence-electron chi connectivity index (χ4n) is 1.12. The Balaban J connectivity index is 2.67. The molecule has 0 aromatic heterocycles. The van der Waals surface area contributed by atoms with Gasteiger partial charge >= 0.3 is 0 Å². The lowest BCUT2D eigenvalue weighted by Crippen LogP contribution is -2.28. The summed E-state index contributed by atoms with van der Waals surface area (Å²) >= 11 is 0. The molecule has 0 fully saturated rings. The summed E-state index contributed by atoms with van der Waals surface area (Å²) < 4.78 is 13.0. The fraction of sp³-hybridized carbons (Fsp3) is 0.364. The van der Waals surface area contributed by atoms with Crippen molar-refractivity contribution in [3.8, 4) is 6.07 Å². The van der Waals surface area contributed by atoms with Crippen LogP contribution in [0.3, 0.4) is 0 Å². The highest BCUT2D eigenvalue weighted by Crippen LogP contribution is 2.09. The number of nitriles is 1. The zero-order valence-electron chi connectivity index (χ0n) is 8.50. The lowest BCUT2D eigenvalue weighted by Gasteiger charge is -2.10. The van der Waals surface area contributed by atoms with Crippen LogP contribution in [0.25, 0.3) is 0 Å². The lowest BCUT2D eigenvalue weighted by atomic mass is 10.1. The average molecular weight is 208 g/mol. The SMILES string of the molecule is CC(CO)NCc1ccc(F)c(C#N)c1. The van der Waals surface area contributed by atoms with Gasteiger partial charge in [-0.25, -0.2) is 4.39 Å². The molecule has 15 heavy (non-hydrogen) atoms. The number of benzene rings is 1. The first-order valence-electron chi connectivity index (χ1n) is 4.70. The van der Waals surface area contributed by atoms with Gasteiger partial charge in [-0.05, 0) is 24.6 Å². The Morgan fingerprint density at radius 1 is 1.60 bits per heavy atom. The van der Waals surface area contributed by atoms with E-state index in [0.29, 0.717) is 6.54 Å². The number of hydrogen-bond donors (Lipinski definition) is 2. The van der Waals surface area contributed by atoms with Crippen LogP contribution in [-0.4, -0.2) is 17.8 Å². The molecule has 3 nitrogen and oxygen atoms in total. The summed E-state index contributed by atoms with van der Waals surface area (Å²) in [5.74, 6) is -0.503. The van der Waals surface area contributed by atoms with Crippen LogP contribution in [0.1, 0.15) is 18.1 Å². The third-order valence-corrected chi connectivity index (χ3v) is 2.08. The highest BCUT2D eigenvalue weighted by Gasteiger charge is 2.03. The van der Waals surface area contributed by atoms with Crippen LogP contribution in [0.4, 0.5) is 4.39 Å². The molecule has 2 N–H and O–H groups in total. The van der Waals surface area contributed by atoms with E-state index in [9.17, 15) is 4.39 Å². The van der Waals surface area contributed by atoms with Gasteiger partial charge in [0.05, 0.1) is 12.2 Å². The van der Waals surface area contributed by atoms with Crippen molar-refractivity contribution in [2.45, 2.75) is 19.5 Å². The van der Waals surface area contributed by atoms with Crippen LogP contribution < -0.4 is 5.32 Å². The molecule has 1 aromatic carbocycles. The van der Waals surface area contributed by atoms with Crippen LogP contribution in [0.15, 0.2) is 18.2 Å². The number of nitrogens with one attached hydrogen (secondary N) is 1. The number of halogens is 1. The first-order chi connectivity index (χ1) is 7.17. The molecule has 0 aliphatic rings. The van der Waals surface area contributed by atoms with Gasteiger partial charge in [0.25, 0.3) is 0 Å². The van der Waals surface area contributed by atoms with Crippen molar-refractivity contribution in [2.24, 2.45) is 0 Å². The van der Waals surface area contributed by atoms with Crippen LogP contribution >= 0.6 is 0 Å². The third-order valence-electron chi connectivity index (χ3n) is 2.08. The average Bonchev–Trinajstić information content (AvgIpc) is 2.27. The Hall–Kier alpha value is -1.44. The third kappa shape index (κ3) is 3.31. The minimum Gasteiger partial charge on any atom is -0.395 e. The van der Waals surface area contributed by atoms with Gasteiger partial charge in [0.2, 0.25) is 0 Å². The predicted molar refractivity (Wildman–Crippen MR) is 54.5 cm³/mol. The molecule has 0 bridgehead atoms. The van der Waals surface area contributed by atoms with E-state index >= 15 is 0 Å². The molecule has 0 saturated heterocycles. The molecule has 0 spiro atoms. The van der Waals surface area contributed by atoms with E-state index in [2.05, 4.69) is 5.32 Å². The highest BCUT2D eigenvalue weighted by molar-refractivity contribution is 5.34. The molecule has 0 amide bonds. The van der Waals surface area contributed by atoms with Crippen LogP contribution in [0, 0.1) is 17.1 Å². The molecule has 0 radical (unpaired) electrons. The number of aliphatic hydroxyl groups excluding tert-OH is 1. The summed E-state index contributed by atoms with van der Waals surface area (Å²) in [6, 6.07) is 6.17. The van der Waals surface area contributed by atoms with E-state index in [1.54, 1.807) is 12.1 Å². The Morgan fingerprint density at radius 2 is 2.33 bits per heavy atom. The molecule has 1 rings (SSSR count). The molecule has 1 atom stereocenters. The second-order valence-electron chi connectivity index (χ2n) is 3.39. The molecule has 0 aliphatic carbocycles. The maximum Gasteiger partial charge on any atom is 0.140 e. The van der Waals surface area contributed by atoms with Gasteiger partial charge in [0.15, 0.2) is 0 Å². The standard InChI is InChI=1S/C11H13FN2O/c1-8(7-15)14-6-9-2-3-11(12)10(4-9)5-13/h2-4,8,14-15H,6-7H2,1H3. The van der Waals surface area contributed by atoms with Gasteiger partial charge < -0.3 is 10.4 Å². The van der Waals surface area contributed by atoms with Gasteiger partial charge in [-0.3, -0.25) is 0 Å². The largest absolute Gasteiger partial charge is 0.395 e. The van der Waals surface area contributed by atoms with Crippen molar-refractivity contribution in [3.05, 3.63) is 35.1 Å². The molecule has 0 aliphatic heterocycles. The minimum absolute atomic E-state index is 0.0133. The molecule has 0 heterocycles. The molecule has 4 heteroatoms. The van der Waals surface area contributed by atoms with Crippen molar-refractivity contribution in [2.75, 3.05) is 6.61 Å². The smallest absolute Gasteiger partial charge is 0.140 e. The van der Waals surface area contributed by atoms with Crippen molar-refractivity contribution in [1.82, 2.24) is 5.32 Å². The topological polar surface area (TPSA) is 56.0 Å². The summed E-state index contributed by atoms with van der Waals surface area (Å²) in [7, 11) is 0. The Kier molecular flexibility index (Phi) is 4.22. The second-order valence-corrected chi connectivity index (χ2v) is 3.39. The van der Waals surface area contributed by atoms with Crippen molar-refractivity contribution >= 4 is 0 Å². The summed E-state index contributed by atoms with van der Waals surface area (Å²) in [6.45, 7) is 2.40. The van der Waals surface area contributed by atoms with Crippen LogP contribution in [-0.2, 0) is 6.54 Å². The second kappa shape index (κ2) is 5.44. The van der Waals surface area contributed by atoms with Crippen molar-refractivity contribution < 1.29 is 9.50 Å². The zero-order valence-corrected chi connectivity index (χ0v) is 8.50. The molecule has 1 unspecified atom stereocenters. The Bertz CT molecular complexity index is 373. The molecular formula is C11H13FN2O. The molecule has 80 valence electrons. The monoisotopic (exact) mass is 208 g/mol. The number of nitrogens with zero attached hydrogens (tertiary/aromatic N) is 1. The lowest BCUT2D eigenvalue weighted by molar-refractivity contribution is 0.251. The molecule has 1 aromatic rings. The number of hydrogen-bond acceptors (Lipinski definition) is 3. The van der Waals surface area contributed by atoms with Crippen LogP contribution in [0.5, 0.6) is 0 Å². The molecular weight excluding hydrogens is 195 g/mol. The summed E-state index contributed by atoms with van der Waals surface area (Å²) in [6.07, 6.45) is 0. The van der Waals surface area contributed by atoms with Gasteiger partial charge in [0, 0.05) is 12.6 Å². The Morgan fingerprint density at radius 3 is 2.93 bits per heavy atom. The zero-order chi connectivity index (χ0) is 11.3. The predicted octanol–water partition coefficient (Wildman–Crippen LogP) is 1.17. The normalized spacial score (nSPS) is 12.1. The summed E-state index contributed by atoms with van der Waals surface area (Å²) in [5, 5.41) is 20.4. The number of rotatable bonds is 4. The van der Waals surface area contributed by atoms with Gasteiger partial charge in [-0.2, -0.15) is 5.26 Å². The maximum atomic E-state index is 13.0. The molecule has 0 saturated carbocycles. The van der Waals surface area contributed by atoms with E-state index in [1.165, 1.54) is 12.1 Å². The Labute approximate surface area is 88.2 Å². The minimum atomic E-state index is -0.503. The van der Waals surface area contributed by atoms with E-state index in [0.717, 1.165) is 5.56 Å². The van der Waals surface area contributed by atoms with E-state index in [-0.39, 0.29) is 18.2 Å². The van der Waals surface area contributed by atoms with Gasteiger partial charge in [0.1, 0.15) is 11.9 Å². The fourth-order valence-corrected chi connectivity index (χ4v) is 1.12. The van der Waals surface area contributed by atoms with E-state index in [1.807, 2.05) is 6.92 Å². The van der Waals surface area contributed by atoms with Gasteiger partial charge in [-0.1, -0.05) is 6.07 Å². The van der Waals surface area contributed by atoms with E-state index in [4.69, 9.17) is 10.4 Å². The number of aliphatic hydroxyl groups is 1. The summed E-state index contributed by atoms with van der Waals surface area (Å²) in [4.78, 5) is 0. The first kappa shape index (κ1) is 11.6.